The lowest BCUT2D eigenvalue weighted by molar-refractivity contribution is 0.417. The first-order valence-corrected chi connectivity index (χ1v) is 4.54. The fourth-order valence-electron chi connectivity index (χ4n) is 1.19. The van der Waals surface area contributed by atoms with Crippen molar-refractivity contribution in [3.63, 3.8) is 0 Å². The molecule has 0 saturated heterocycles. The van der Waals surface area contributed by atoms with Crippen LogP contribution in [-0.4, -0.2) is 0 Å². The van der Waals surface area contributed by atoms with Crippen molar-refractivity contribution < 1.29 is 0 Å². The van der Waals surface area contributed by atoms with Crippen LogP contribution in [0.5, 0.6) is 0 Å². The van der Waals surface area contributed by atoms with E-state index in [-0.39, 0.29) is 0 Å². The van der Waals surface area contributed by atoms with Crippen molar-refractivity contribution in [2.24, 2.45) is 5.92 Å². The molecule has 0 aromatic heterocycles. The summed E-state index contributed by atoms with van der Waals surface area (Å²) in [5.74, 6) is 0.786. The molecule has 0 unspecified atom stereocenters. The lowest BCUT2D eigenvalue weighted by atomic mass is 9.91. The molecule has 0 heterocycles. The average Bonchev–Trinajstić information content (AvgIpc) is 2.73. The maximum absolute atomic E-state index is 4.00. The zero-order chi connectivity index (χ0) is 7.23. The molecule has 0 spiro atoms. The third kappa shape index (κ3) is 4.84. The molecule has 0 nitrogen and oxygen atoms in total. The van der Waals surface area contributed by atoms with Crippen LogP contribution >= 0.6 is 0 Å². The van der Waals surface area contributed by atoms with E-state index in [2.05, 4.69) is 13.3 Å². The SMILES string of the molecule is [CH2]C1CCCCC1.[CH]1CC1. The lowest BCUT2D eigenvalue weighted by Crippen LogP contribution is -2.00. The quantitative estimate of drug-likeness (QED) is 0.481. The van der Waals surface area contributed by atoms with Gasteiger partial charge in [-0.05, 0) is 25.2 Å². The fraction of sp³-hybridized carbons (Fsp3) is 0.800. The van der Waals surface area contributed by atoms with E-state index in [9.17, 15) is 0 Å². The summed E-state index contributed by atoms with van der Waals surface area (Å²) in [5.41, 5.74) is 0. The number of hydrogen-bond donors (Lipinski definition) is 0. The van der Waals surface area contributed by atoms with Gasteiger partial charge in [-0.15, -0.1) is 0 Å². The van der Waals surface area contributed by atoms with E-state index < -0.39 is 0 Å². The molecule has 10 heavy (non-hydrogen) atoms. The van der Waals surface area contributed by atoms with Gasteiger partial charge in [-0.25, -0.2) is 0 Å². The molecule has 2 fully saturated rings. The molecule has 0 bridgehead atoms. The first kappa shape index (κ1) is 8.10. The van der Waals surface area contributed by atoms with E-state index in [1.54, 1.807) is 0 Å². The van der Waals surface area contributed by atoms with Crippen molar-refractivity contribution in [3.05, 3.63) is 13.3 Å². The Bertz CT molecular complexity index is 65.4. The van der Waals surface area contributed by atoms with Crippen molar-refractivity contribution in [2.75, 3.05) is 0 Å². The first-order chi connectivity index (χ1) is 4.89. The van der Waals surface area contributed by atoms with E-state index in [4.69, 9.17) is 0 Å². The van der Waals surface area contributed by atoms with Gasteiger partial charge in [0.15, 0.2) is 0 Å². The minimum Gasteiger partial charge on any atom is -0.0533 e. The van der Waals surface area contributed by atoms with Crippen molar-refractivity contribution in [3.8, 4) is 0 Å². The van der Waals surface area contributed by atoms with Crippen molar-refractivity contribution in [1.82, 2.24) is 0 Å². The molecule has 0 atom stereocenters. The Kier molecular flexibility index (Phi) is 3.86. The molecule has 0 aromatic carbocycles. The molecule has 2 aliphatic rings. The molecule has 0 N–H and O–H groups in total. The highest BCUT2D eigenvalue weighted by atomic mass is 14.1. The molecule has 2 saturated carbocycles. The minimum absolute atomic E-state index is 0.786. The normalized spacial score (nSPS) is 24.9. The molecule has 2 rings (SSSR count). The predicted molar refractivity (Wildman–Crippen MR) is 45.5 cm³/mol. The molecule has 0 amide bonds. The highest BCUT2D eigenvalue weighted by Crippen LogP contribution is 2.21. The molecule has 0 aromatic rings. The van der Waals surface area contributed by atoms with Gasteiger partial charge in [0.25, 0.3) is 0 Å². The molecular weight excluding hydrogens is 120 g/mol. The van der Waals surface area contributed by atoms with E-state index in [0.717, 1.165) is 5.92 Å². The summed E-state index contributed by atoms with van der Waals surface area (Å²) in [6, 6.07) is 0. The van der Waals surface area contributed by atoms with Gasteiger partial charge in [0.2, 0.25) is 0 Å². The Morgan fingerprint density at radius 1 is 1.00 bits per heavy atom. The largest absolute Gasteiger partial charge is 0.0533 e. The Hall–Kier alpha value is 0. The number of rotatable bonds is 0. The standard InChI is InChI=1S/C7H13.C3H5/c1-7-5-3-2-4-6-7;1-2-3-1/h7H,1-6H2;1H,2-3H2. The second-order valence-corrected chi connectivity index (χ2v) is 3.37. The van der Waals surface area contributed by atoms with E-state index in [1.807, 2.05) is 0 Å². The molecular formula is C10H18. The summed E-state index contributed by atoms with van der Waals surface area (Å²) < 4.78 is 0. The van der Waals surface area contributed by atoms with E-state index in [0.29, 0.717) is 0 Å². The van der Waals surface area contributed by atoms with Crippen LogP contribution in [0.4, 0.5) is 0 Å². The fourth-order valence-corrected chi connectivity index (χ4v) is 1.19. The van der Waals surface area contributed by atoms with E-state index in [1.165, 1.54) is 44.9 Å². The second-order valence-electron chi connectivity index (χ2n) is 3.37. The molecule has 0 heteroatoms. The highest BCUT2D eigenvalue weighted by Gasteiger charge is 2.06. The van der Waals surface area contributed by atoms with Crippen LogP contribution in [0.3, 0.4) is 0 Å². The maximum atomic E-state index is 4.00. The predicted octanol–water partition coefficient (Wildman–Crippen LogP) is 3.39. The van der Waals surface area contributed by atoms with Crippen LogP contribution in [-0.2, 0) is 0 Å². The molecule has 2 aliphatic carbocycles. The average molecular weight is 138 g/mol. The summed E-state index contributed by atoms with van der Waals surface area (Å²) in [6.45, 7) is 4.00. The molecule has 58 valence electrons. The maximum Gasteiger partial charge on any atom is -0.0386 e. The van der Waals surface area contributed by atoms with Gasteiger partial charge < -0.3 is 0 Å². The van der Waals surface area contributed by atoms with Gasteiger partial charge in [-0.2, -0.15) is 0 Å². The Balaban J connectivity index is 0.000000138. The summed E-state index contributed by atoms with van der Waals surface area (Å²) in [6.07, 6.45) is 12.0. The Morgan fingerprint density at radius 3 is 1.70 bits per heavy atom. The summed E-state index contributed by atoms with van der Waals surface area (Å²) in [5, 5.41) is 0. The molecule has 0 aliphatic heterocycles. The van der Waals surface area contributed by atoms with Crippen LogP contribution < -0.4 is 0 Å². The van der Waals surface area contributed by atoms with Gasteiger partial charge in [-0.3, -0.25) is 0 Å². The topological polar surface area (TPSA) is 0 Å². The molecule has 2 radical (unpaired) electrons. The zero-order valence-corrected chi connectivity index (χ0v) is 6.81. The minimum atomic E-state index is 0.786. The van der Waals surface area contributed by atoms with Crippen LogP contribution in [0.1, 0.15) is 44.9 Å². The van der Waals surface area contributed by atoms with Crippen LogP contribution in [0.25, 0.3) is 0 Å². The van der Waals surface area contributed by atoms with E-state index >= 15 is 0 Å². The third-order valence-corrected chi connectivity index (χ3v) is 2.01. The van der Waals surface area contributed by atoms with Gasteiger partial charge in [-0.1, -0.05) is 39.0 Å². The third-order valence-electron chi connectivity index (χ3n) is 2.01. The zero-order valence-electron chi connectivity index (χ0n) is 6.81. The van der Waals surface area contributed by atoms with Crippen LogP contribution in [0, 0.1) is 19.3 Å². The summed E-state index contributed by atoms with van der Waals surface area (Å²) in [7, 11) is 0. The van der Waals surface area contributed by atoms with Gasteiger partial charge >= 0.3 is 0 Å². The lowest BCUT2D eigenvalue weighted by Gasteiger charge is -2.15. The van der Waals surface area contributed by atoms with Crippen molar-refractivity contribution in [2.45, 2.75) is 44.9 Å². The van der Waals surface area contributed by atoms with Gasteiger partial charge in [0, 0.05) is 0 Å². The second kappa shape index (κ2) is 4.76. The Labute approximate surface area is 65.0 Å². The smallest absolute Gasteiger partial charge is 0.0386 e. The van der Waals surface area contributed by atoms with Crippen molar-refractivity contribution >= 4 is 0 Å². The number of hydrogen-bond acceptors (Lipinski definition) is 0. The first-order valence-electron chi connectivity index (χ1n) is 4.54. The van der Waals surface area contributed by atoms with Gasteiger partial charge in [0.1, 0.15) is 0 Å². The highest BCUT2D eigenvalue weighted by molar-refractivity contribution is 4.79. The van der Waals surface area contributed by atoms with Crippen LogP contribution in [0.2, 0.25) is 0 Å². The van der Waals surface area contributed by atoms with Crippen molar-refractivity contribution in [1.29, 1.82) is 0 Å². The Morgan fingerprint density at radius 2 is 1.50 bits per heavy atom. The van der Waals surface area contributed by atoms with Crippen LogP contribution in [0.15, 0.2) is 0 Å². The van der Waals surface area contributed by atoms with Gasteiger partial charge in [0.05, 0.1) is 0 Å². The summed E-state index contributed by atoms with van der Waals surface area (Å²) in [4.78, 5) is 0. The monoisotopic (exact) mass is 138 g/mol. The summed E-state index contributed by atoms with van der Waals surface area (Å²) >= 11 is 0.